The number of carboxylic acid groups (broad SMARTS) is 1. The van der Waals surface area contributed by atoms with E-state index in [0.717, 1.165) is 35.6 Å². The minimum atomic E-state index is -0.735. The van der Waals surface area contributed by atoms with Crippen molar-refractivity contribution in [3.05, 3.63) is 23.3 Å². The van der Waals surface area contributed by atoms with Crippen molar-refractivity contribution < 1.29 is 19.4 Å². The van der Waals surface area contributed by atoms with E-state index >= 15 is 0 Å². The van der Waals surface area contributed by atoms with Gasteiger partial charge in [0.15, 0.2) is 11.5 Å². The average molecular weight is 263 g/mol. The number of hydrogen-bond acceptors (Lipinski definition) is 4. The van der Waals surface area contributed by atoms with E-state index in [1.165, 1.54) is 0 Å². The minimum absolute atomic E-state index is 0.340. The van der Waals surface area contributed by atoms with Crippen LogP contribution >= 0.6 is 0 Å². The van der Waals surface area contributed by atoms with Crippen LogP contribution in [0, 0.1) is 6.92 Å². The lowest BCUT2D eigenvalue weighted by Crippen LogP contribution is -2.51. The smallest absolute Gasteiger partial charge is 0.320 e. The molecule has 0 radical (unpaired) electrons. The van der Waals surface area contributed by atoms with E-state index in [-0.39, 0.29) is 6.04 Å². The van der Waals surface area contributed by atoms with Gasteiger partial charge in [-0.25, -0.2) is 0 Å². The summed E-state index contributed by atoms with van der Waals surface area (Å²) in [6.07, 6.45) is 0.735. The SMILES string of the molecule is Cc1cc2c(cc1CN1CC[C@H]1C(=O)O)OCCO2. The molecule has 2 aliphatic rings. The molecule has 0 aliphatic carbocycles. The zero-order chi connectivity index (χ0) is 13.4. The van der Waals surface area contributed by atoms with Crippen LogP contribution in [0.3, 0.4) is 0 Å². The molecule has 2 heterocycles. The van der Waals surface area contributed by atoms with Crippen molar-refractivity contribution in [3.8, 4) is 11.5 Å². The van der Waals surface area contributed by atoms with Crippen LogP contribution in [-0.4, -0.2) is 41.8 Å². The number of fused-ring (bicyclic) bond motifs is 1. The summed E-state index contributed by atoms with van der Waals surface area (Å²) in [6.45, 7) is 4.66. The highest BCUT2D eigenvalue weighted by molar-refractivity contribution is 5.74. The summed E-state index contributed by atoms with van der Waals surface area (Å²) in [6, 6.07) is 3.60. The first-order valence-corrected chi connectivity index (χ1v) is 6.51. The predicted molar refractivity (Wildman–Crippen MR) is 68.6 cm³/mol. The molecule has 0 bridgehead atoms. The van der Waals surface area contributed by atoms with Crippen molar-refractivity contribution in [2.24, 2.45) is 0 Å². The second kappa shape index (κ2) is 4.74. The molecule has 5 heteroatoms. The van der Waals surface area contributed by atoms with Gasteiger partial charge in [-0.2, -0.15) is 0 Å². The number of carbonyl (C=O) groups is 1. The fourth-order valence-corrected chi connectivity index (χ4v) is 2.53. The van der Waals surface area contributed by atoms with E-state index in [9.17, 15) is 4.79 Å². The first kappa shape index (κ1) is 12.3. The number of benzene rings is 1. The number of aliphatic carboxylic acids is 1. The Morgan fingerprint density at radius 2 is 2.05 bits per heavy atom. The molecule has 1 saturated heterocycles. The van der Waals surface area contributed by atoms with Crippen molar-refractivity contribution in [2.75, 3.05) is 19.8 Å². The Morgan fingerprint density at radius 3 is 2.63 bits per heavy atom. The molecule has 0 amide bonds. The van der Waals surface area contributed by atoms with E-state index in [2.05, 4.69) is 0 Å². The molecule has 1 atom stereocenters. The van der Waals surface area contributed by atoms with Crippen LogP contribution in [0.25, 0.3) is 0 Å². The maximum Gasteiger partial charge on any atom is 0.320 e. The third-order valence-electron chi connectivity index (χ3n) is 3.79. The zero-order valence-corrected chi connectivity index (χ0v) is 10.9. The molecular formula is C14H17NO4. The van der Waals surface area contributed by atoms with Gasteiger partial charge in [-0.1, -0.05) is 0 Å². The Bertz CT molecular complexity index is 514. The van der Waals surface area contributed by atoms with Gasteiger partial charge >= 0.3 is 5.97 Å². The first-order valence-electron chi connectivity index (χ1n) is 6.51. The Morgan fingerprint density at radius 1 is 1.37 bits per heavy atom. The third kappa shape index (κ3) is 2.26. The summed E-state index contributed by atoms with van der Waals surface area (Å²) in [5, 5.41) is 9.06. The molecule has 19 heavy (non-hydrogen) atoms. The molecule has 1 fully saturated rings. The van der Waals surface area contributed by atoms with Gasteiger partial charge in [0.05, 0.1) is 0 Å². The number of hydrogen-bond donors (Lipinski definition) is 1. The lowest BCUT2D eigenvalue weighted by Gasteiger charge is -2.38. The van der Waals surface area contributed by atoms with Gasteiger partial charge < -0.3 is 14.6 Å². The maximum atomic E-state index is 11.0. The summed E-state index contributed by atoms with van der Waals surface area (Å²) in [7, 11) is 0. The van der Waals surface area contributed by atoms with E-state index in [1.54, 1.807) is 0 Å². The molecule has 1 N–H and O–H groups in total. The van der Waals surface area contributed by atoms with Crippen LogP contribution in [0.2, 0.25) is 0 Å². The van der Waals surface area contributed by atoms with Crippen LogP contribution in [0.1, 0.15) is 17.5 Å². The van der Waals surface area contributed by atoms with Gasteiger partial charge in [0, 0.05) is 13.1 Å². The standard InChI is InChI=1S/C14H17NO4/c1-9-6-12-13(19-5-4-18-12)7-10(9)8-15-3-2-11(15)14(16)17/h6-7,11H,2-5,8H2,1H3,(H,16,17)/t11-/m0/s1. The number of likely N-dealkylation sites (tertiary alicyclic amines) is 1. The van der Waals surface area contributed by atoms with Gasteiger partial charge in [0.2, 0.25) is 0 Å². The molecule has 2 aliphatic heterocycles. The fourth-order valence-electron chi connectivity index (χ4n) is 2.53. The largest absolute Gasteiger partial charge is 0.486 e. The van der Waals surface area contributed by atoms with E-state index < -0.39 is 5.97 Å². The molecule has 0 spiro atoms. The quantitative estimate of drug-likeness (QED) is 0.894. The summed E-state index contributed by atoms with van der Waals surface area (Å²) >= 11 is 0. The normalized spacial score (nSPS) is 21.8. The molecule has 1 aromatic carbocycles. The van der Waals surface area contributed by atoms with Gasteiger partial charge in [-0.3, -0.25) is 9.69 Å². The topological polar surface area (TPSA) is 59.0 Å². The second-order valence-electron chi connectivity index (χ2n) is 5.04. The van der Waals surface area contributed by atoms with Crippen molar-refractivity contribution in [1.82, 2.24) is 4.90 Å². The maximum absolute atomic E-state index is 11.0. The number of carboxylic acids is 1. The highest BCUT2D eigenvalue weighted by Crippen LogP contribution is 2.34. The molecule has 1 aromatic rings. The van der Waals surface area contributed by atoms with Crippen LogP contribution in [0.5, 0.6) is 11.5 Å². The van der Waals surface area contributed by atoms with Crippen molar-refractivity contribution in [1.29, 1.82) is 0 Å². The van der Waals surface area contributed by atoms with Gasteiger partial charge in [0.25, 0.3) is 0 Å². The number of nitrogens with zero attached hydrogens (tertiary/aromatic N) is 1. The number of rotatable bonds is 3. The van der Waals surface area contributed by atoms with Crippen molar-refractivity contribution in [2.45, 2.75) is 25.9 Å². The summed E-state index contributed by atoms with van der Waals surface area (Å²) in [4.78, 5) is 13.0. The molecular weight excluding hydrogens is 246 g/mol. The van der Waals surface area contributed by atoms with Crippen molar-refractivity contribution >= 4 is 5.97 Å². The zero-order valence-electron chi connectivity index (χ0n) is 10.9. The van der Waals surface area contributed by atoms with Crippen LogP contribution in [0.4, 0.5) is 0 Å². The third-order valence-corrected chi connectivity index (χ3v) is 3.79. The molecule has 0 aromatic heterocycles. The highest BCUT2D eigenvalue weighted by Gasteiger charge is 2.34. The van der Waals surface area contributed by atoms with E-state index in [0.29, 0.717) is 19.8 Å². The average Bonchev–Trinajstić information content (AvgIpc) is 2.34. The first-order chi connectivity index (χ1) is 9.15. The monoisotopic (exact) mass is 263 g/mol. The highest BCUT2D eigenvalue weighted by atomic mass is 16.6. The predicted octanol–water partition coefficient (Wildman–Crippen LogP) is 1.43. The van der Waals surface area contributed by atoms with Gasteiger partial charge in [-0.15, -0.1) is 0 Å². The molecule has 0 saturated carbocycles. The Kier molecular flexibility index (Phi) is 3.06. The van der Waals surface area contributed by atoms with Crippen LogP contribution < -0.4 is 9.47 Å². The number of ether oxygens (including phenoxy) is 2. The van der Waals surface area contributed by atoms with Gasteiger partial charge in [-0.05, 0) is 36.6 Å². The fraction of sp³-hybridized carbons (Fsp3) is 0.500. The van der Waals surface area contributed by atoms with Crippen molar-refractivity contribution in [3.63, 3.8) is 0 Å². The minimum Gasteiger partial charge on any atom is -0.486 e. The molecule has 102 valence electrons. The van der Waals surface area contributed by atoms with Crippen LogP contribution in [0.15, 0.2) is 12.1 Å². The molecule has 3 rings (SSSR count). The van der Waals surface area contributed by atoms with Gasteiger partial charge in [0.1, 0.15) is 19.3 Å². The lowest BCUT2D eigenvalue weighted by molar-refractivity contribution is -0.148. The Labute approximate surface area is 111 Å². The van der Waals surface area contributed by atoms with E-state index in [1.807, 2.05) is 24.0 Å². The lowest BCUT2D eigenvalue weighted by atomic mass is 10.00. The number of aryl methyl sites for hydroxylation is 1. The summed E-state index contributed by atoms with van der Waals surface area (Å²) < 4.78 is 11.1. The Balaban J connectivity index is 1.79. The summed E-state index contributed by atoms with van der Waals surface area (Å²) in [5.74, 6) is 0.812. The molecule has 5 nitrogen and oxygen atoms in total. The van der Waals surface area contributed by atoms with Crippen LogP contribution in [-0.2, 0) is 11.3 Å². The molecule has 0 unspecified atom stereocenters. The second-order valence-corrected chi connectivity index (χ2v) is 5.04. The summed E-state index contributed by atoms with van der Waals surface area (Å²) in [5.41, 5.74) is 2.22. The van der Waals surface area contributed by atoms with E-state index in [4.69, 9.17) is 14.6 Å². The Hall–Kier alpha value is -1.75.